The smallest absolute Gasteiger partial charge is 0.407 e. The highest BCUT2D eigenvalue weighted by Gasteiger charge is 2.34. The number of hydrogen-bond acceptors (Lipinski definition) is 5. The molecule has 1 amide bonds. The predicted octanol–water partition coefficient (Wildman–Crippen LogP) is 2.09. The van der Waals surface area contributed by atoms with Crippen molar-refractivity contribution in [3.05, 3.63) is 0 Å². The summed E-state index contributed by atoms with van der Waals surface area (Å²) < 4.78 is 28.4. The molecule has 1 fully saturated rings. The minimum Gasteiger partial charge on any atom is -0.444 e. The molecule has 7 heteroatoms. The van der Waals surface area contributed by atoms with Crippen molar-refractivity contribution < 1.29 is 17.9 Å². The van der Waals surface area contributed by atoms with Crippen molar-refractivity contribution in [2.45, 2.75) is 71.6 Å². The van der Waals surface area contributed by atoms with Gasteiger partial charge in [-0.15, -0.1) is 0 Å². The van der Waals surface area contributed by atoms with Crippen molar-refractivity contribution in [2.75, 3.05) is 18.1 Å². The highest BCUT2D eigenvalue weighted by molar-refractivity contribution is 7.91. The van der Waals surface area contributed by atoms with Gasteiger partial charge >= 0.3 is 6.09 Å². The lowest BCUT2D eigenvalue weighted by Gasteiger charge is -2.40. The van der Waals surface area contributed by atoms with Gasteiger partial charge < -0.3 is 15.4 Å². The quantitative estimate of drug-likeness (QED) is 0.795. The zero-order valence-electron chi connectivity index (χ0n) is 15.2. The molecule has 1 saturated heterocycles. The Hall–Kier alpha value is -0.820. The van der Waals surface area contributed by atoms with Crippen LogP contribution in [0.5, 0.6) is 0 Å². The first-order valence-corrected chi connectivity index (χ1v) is 10.1. The van der Waals surface area contributed by atoms with Gasteiger partial charge in [-0.3, -0.25) is 0 Å². The second-order valence-electron chi connectivity index (χ2n) is 8.00. The zero-order valence-corrected chi connectivity index (χ0v) is 16.0. The zero-order chi connectivity index (χ0) is 17.9. The fourth-order valence-corrected chi connectivity index (χ4v) is 3.98. The molecular formula is C16H32N2O4S. The van der Waals surface area contributed by atoms with Crippen molar-refractivity contribution in [3.8, 4) is 0 Å². The molecule has 0 bridgehead atoms. The van der Waals surface area contributed by atoms with E-state index in [4.69, 9.17) is 4.74 Å². The van der Waals surface area contributed by atoms with Gasteiger partial charge in [-0.25, -0.2) is 13.2 Å². The van der Waals surface area contributed by atoms with Crippen LogP contribution < -0.4 is 10.6 Å². The minimum atomic E-state index is -2.87. The Labute approximate surface area is 140 Å². The van der Waals surface area contributed by atoms with E-state index < -0.39 is 21.5 Å². The molecule has 0 radical (unpaired) electrons. The molecular weight excluding hydrogens is 316 g/mol. The van der Waals surface area contributed by atoms with E-state index in [1.807, 2.05) is 20.8 Å². The van der Waals surface area contributed by atoms with Gasteiger partial charge in [-0.05, 0) is 46.5 Å². The van der Waals surface area contributed by atoms with E-state index in [2.05, 4.69) is 31.4 Å². The molecule has 0 saturated carbocycles. The van der Waals surface area contributed by atoms with E-state index in [-0.39, 0.29) is 29.0 Å². The van der Waals surface area contributed by atoms with Crippen LogP contribution in [0.25, 0.3) is 0 Å². The molecule has 0 spiro atoms. The Morgan fingerprint density at radius 2 is 1.70 bits per heavy atom. The van der Waals surface area contributed by atoms with E-state index in [9.17, 15) is 13.2 Å². The second-order valence-corrected chi connectivity index (χ2v) is 10.3. The van der Waals surface area contributed by atoms with Gasteiger partial charge in [0.15, 0.2) is 0 Å². The van der Waals surface area contributed by atoms with Gasteiger partial charge in [0.2, 0.25) is 0 Å². The molecule has 23 heavy (non-hydrogen) atoms. The van der Waals surface area contributed by atoms with Crippen LogP contribution in [-0.2, 0) is 14.6 Å². The maximum Gasteiger partial charge on any atom is 0.407 e. The number of sulfone groups is 1. The average molecular weight is 349 g/mol. The van der Waals surface area contributed by atoms with E-state index in [1.165, 1.54) is 0 Å². The molecule has 1 rings (SSSR count). The van der Waals surface area contributed by atoms with Crippen molar-refractivity contribution in [1.82, 2.24) is 10.6 Å². The largest absolute Gasteiger partial charge is 0.444 e. The predicted molar refractivity (Wildman–Crippen MR) is 92.3 cm³/mol. The molecule has 2 N–H and O–H groups in total. The molecule has 0 aliphatic carbocycles. The van der Waals surface area contributed by atoms with Crippen molar-refractivity contribution >= 4 is 15.9 Å². The summed E-state index contributed by atoms with van der Waals surface area (Å²) in [5, 5.41) is 6.38. The molecule has 0 aromatic heterocycles. The summed E-state index contributed by atoms with van der Waals surface area (Å²) in [5.41, 5.74) is -0.841. The Balaban J connectivity index is 2.60. The lowest BCUT2D eigenvalue weighted by molar-refractivity contribution is 0.0499. The second kappa shape index (κ2) is 7.38. The lowest BCUT2D eigenvalue weighted by atomic mass is 9.86. The molecule has 0 aromatic rings. The molecule has 6 nitrogen and oxygen atoms in total. The summed E-state index contributed by atoms with van der Waals surface area (Å²) in [6.45, 7) is 12.1. The topological polar surface area (TPSA) is 84.5 Å². The lowest BCUT2D eigenvalue weighted by Crippen LogP contribution is -2.59. The number of ether oxygens (including phenoxy) is 1. The van der Waals surface area contributed by atoms with Crippen LogP contribution in [0.1, 0.15) is 54.4 Å². The van der Waals surface area contributed by atoms with Crippen molar-refractivity contribution in [1.29, 1.82) is 0 Å². The average Bonchev–Trinajstić information content (AvgIpc) is 2.37. The maximum absolute atomic E-state index is 11.9. The van der Waals surface area contributed by atoms with E-state index in [0.29, 0.717) is 19.4 Å². The molecule has 1 heterocycles. The number of rotatable bonds is 5. The fraction of sp³-hybridized carbons (Fsp3) is 0.938. The third-order valence-corrected chi connectivity index (χ3v) is 6.08. The molecule has 1 aliphatic heterocycles. The summed E-state index contributed by atoms with van der Waals surface area (Å²) in [4.78, 5) is 11.9. The third kappa shape index (κ3) is 7.08. The first-order valence-electron chi connectivity index (χ1n) is 8.28. The molecule has 1 aliphatic rings. The van der Waals surface area contributed by atoms with Crippen LogP contribution in [0.15, 0.2) is 0 Å². The number of amides is 1. The monoisotopic (exact) mass is 348 g/mol. The summed E-state index contributed by atoms with van der Waals surface area (Å²) in [7, 11) is -2.87. The minimum absolute atomic E-state index is 0.159. The number of nitrogens with one attached hydrogen (secondary N) is 2. The van der Waals surface area contributed by atoms with Crippen molar-refractivity contribution in [3.63, 3.8) is 0 Å². The summed E-state index contributed by atoms with van der Waals surface area (Å²) >= 11 is 0. The SMILES string of the molecule is CC(C)C(C)(CNC(=O)OC(C)(C)C)NC1CCS(=O)(=O)CC1. The third-order valence-electron chi connectivity index (χ3n) is 4.36. The van der Waals surface area contributed by atoms with Gasteiger partial charge in [0.25, 0.3) is 0 Å². The van der Waals surface area contributed by atoms with Gasteiger partial charge in [0, 0.05) is 18.1 Å². The normalized spacial score (nSPS) is 21.7. The molecule has 0 aromatic carbocycles. The van der Waals surface area contributed by atoms with Gasteiger partial charge in [0.05, 0.1) is 11.5 Å². The number of carbonyl (C=O) groups excluding carboxylic acids is 1. The van der Waals surface area contributed by atoms with Crippen LogP contribution in [-0.4, -0.2) is 49.7 Å². The van der Waals surface area contributed by atoms with Gasteiger partial charge in [-0.1, -0.05) is 13.8 Å². The Morgan fingerprint density at radius 1 is 1.17 bits per heavy atom. The highest BCUT2D eigenvalue weighted by atomic mass is 32.2. The van der Waals surface area contributed by atoms with E-state index in [1.54, 1.807) is 0 Å². The molecule has 1 unspecified atom stereocenters. The van der Waals surface area contributed by atoms with Gasteiger partial charge in [-0.2, -0.15) is 0 Å². The van der Waals surface area contributed by atoms with Crippen LogP contribution in [0, 0.1) is 5.92 Å². The van der Waals surface area contributed by atoms with E-state index >= 15 is 0 Å². The standard InChI is InChI=1S/C16H32N2O4S/c1-12(2)16(6,11-17-14(19)22-15(3,4)5)18-13-7-9-23(20,21)10-8-13/h12-13,18H,7-11H2,1-6H3,(H,17,19). The Kier molecular flexibility index (Phi) is 6.49. The highest BCUT2D eigenvalue weighted by Crippen LogP contribution is 2.21. The number of carbonyl (C=O) groups is 1. The van der Waals surface area contributed by atoms with Crippen LogP contribution in [0.4, 0.5) is 4.79 Å². The van der Waals surface area contributed by atoms with Crippen LogP contribution in [0.3, 0.4) is 0 Å². The first kappa shape index (κ1) is 20.2. The number of alkyl carbamates (subject to hydrolysis) is 1. The Morgan fingerprint density at radius 3 is 2.13 bits per heavy atom. The maximum atomic E-state index is 11.9. The molecule has 136 valence electrons. The van der Waals surface area contributed by atoms with Gasteiger partial charge in [0.1, 0.15) is 15.4 Å². The summed E-state index contributed by atoms with van der Waals surface area (Å²) in [6, 6.07) is 0.159. The fourth-order valence-electron chi connectivity index (χ4n) is 2.49. The number of hydrogen-bond donors (Lipinski definition) is 2. The first-order chi connectivity index (χ1) is 10.3. The van der Waals surface area contributed by atoms with Crippen molar-refractivity contribution in [2.24, 2.45) is 5.92 Å². The van der Waals surface area contributed by atoms with E-state index in [0.717, 1.165) is 0 Å². The van der Waals surface area contributed by atoms with Crippen LogP contribution in [0.2, 0.25) is 0 Å². The van der Waals surface area contributed by atoms with Crippen LogP contribution >= 0.6 is 0 Å². The summed E-state index contributed by atoms with van der Waals surface area (Å²) in [6.07, 6.45) is 0.811. The molecule has 1 atom stereocenters. The Bertz CT molecular complexity index is 497. The summed E-state index contributed by atoms with van der Waals surface area (Å²) in [5.74, 6) is 0.743.